The monoisotopic (exact) mass is 381 g/mol. The maximum Gasteiger partial charge on any atom is 0.225 e. The zero-order chi connectivity index (χ0) is 17.0. The molecule has 0 saturated carbocycles. The third-order valence-corrected chi connectivity index (χ3v) is 4.91. The summed E-state index contributed by atoms with van der Waals surface area (Å²) in [6.45, 7) is 7.13. The highest BCUT2D eigenvalue weighted by Gasteiger charge is 2.29. The summed E-state index contributed by atoms with van der Waals surface area (Å²) < 4.78 is 0.971. The van der Waals surface area contributed by atoms with Gasteiger partial charge in [-0.05, 0) is 31.5 Å². The van der Waals surface area contributed by atoms with Gasteiger partial charge in [-0.25, -0.2) is 0 Å². The van der Waals surface area contributed by atoms with E-state index in [0.29, 0.717) is 6.54 Å². The molecule has 1 aliphatic heterocycles. The second-order valence-corrected chi connectivity index (χ2v) is 6.99. The van der Waals surface area contributed by atoms with Gasteiger partial charge in [0, 0.05) is 36.6 Å². The van der Waals surface area contributed by atoms with E-state index >= 15 is 0 Å². The van der Waals surface area contributed by atoms with Gasteiger partial charge < -0.3 is 15.5 Å². The van der Waals surface area contributed by atoms with E-state index in [1.54, 1.807) is 0 Å². The van der Waals surface area contributed by atoms with Crippen LogP contribution in [0.2, 0.25) is 0 Å². The van der Waals surface area contributed by atoms with Crippen molar-refractivity contribution in [3.63, 3.8) is 0 Å². The van der Waals surface area contributed by atoms with E-state index in [0.717, 1.165) is 16.6 Å². The predicted molar refractivity (Wildman–Crippen MR) is 94.0 cm³/mol. The lowest BCUT2D eigenvalue weighted by Crippen LogP contribution is -2.57. The molecular formula is C17H24BrN3O2. The highest BCUT2D eigenvalue weighted by atomic mass is 79.9. The number of halogens is 1. The zero-order valence-corrected chi connectivity index (χ0v) is 15.4. The highest BCUT2D eigenvalue weighted by molar-refractivity contribution is 9.10. The number of carbonyl (C=O) groups is 2. The van der Waals surface area contributed by atoms with E-state index in [4.69, 9.17) is 0 Å². The Morgan fingerprint density at radius 1 is 1.35 bits per heavy atom. The largest absolute Gasteiger partial charge is 0.349 e. The van der Waals surface area contributed by atoms with E-state index in [2.05, 4.69) is 40.4 Å². The van der Waals surface area contributed by atoms with Gasteiger partial charge in [-0.2, -0.15) is 0 Å². The van der Waals surface area contributed by atoms with Crippen LogP contribution < -0.4 is 10.6 Å². The van der Waals surface area contributed by atoms with Gasteiger partial charge in [-0.1, -0.05) is 28.1 Å². The van der Waals surface area contributed by atoms with E-state index < -0.39 is 0 Å². The number of benzene rings is 1. The third kappa shape index (κ3) is 4.78. The van der Waals surface area contributed by atoms with Gasteiger partial charge in [0.15, 0.2) is 0 Å². The molecule has 6 heteroatoms. The van der Waals surface area contributed by atoms with E-state index in [1.165, 1.54) is 6.92 Å². The number of carbonyl (C=O) groups excluding carboxylic acids is 2. The van der Waals surface area contributed by atoms with Crippen LogP contribution in [-0.4, -0.2) is 41.9 Å². The number of rotatable bonds is 4. The van der Waals surface area contributed by atoms with Gasteiger partial charge in [-0.3, -0.25) is 9.59 Å². The molecule has 23 heavy (non-hydrogen) atoms. The lowest BCUT2D eigenvalue weighted by Gasteiger charge is -2.39. The molecule has 0 radical (unpaired) electrons. The molecule has 0 aromatic heterocycles. The minimum atomic E-state index is -0.300. The van der Waals surface area contributed by atoms with Crippen LogP contribution in [0.25, 0.3) is 0 Å². The minimum Gasteiger partial charge on any atom is -0.349 e. The minimum absolute atomic E-state index is 0.0764. The first-order valence-electron chi connectivity index (χ1n) is 7.94. The summed E-state index contributed by atoms with van der Waals surface area (Å²) in [7, 11) is 0. The van der Waals surface area contributed by atoms with Gasteiger partial charge in [-0.15, -0.1) is 0 Å². The fraction of sp³-hybridized carbons (Fsp3) is 0.529. The van der Waals surface area contributed by atoms with Crippen LogP contribution in [0.4, 0.5) is 0 Å². The molecule has 1 aliphatic rings. The molecule has 1 aromatic carbocycles. The molecule has 3 unspecified atom stereocenters. The standard InChI is InChI=1S/C17H24BrN3O2/c1-11-12(2)21(9-8-19-11)17(23)10-16(20-13(3)22)14-4-6-15(18)7-5-14/h4-7,11-12,16,19H,8-10H2,1-3H3,(H,20,22). The molecule has 2 amide bonds. The average Bonchev–Trinajstić information content (AvgIpc) is 2.49. The molecule has 2 N–H and O–H groups in total. The Bertz CT molecular complexity index is 561. The van der Waals surface area contributed by atoms with Crippen LogP contribution in [0.5, 0.6) is 0 Å². The van der Waals surface area contributed by atoms with Gasteiger partial charge in [0.1, 0.15) is 0 Å². The number of hydrogen-bond acceptors (Lipinski definition) is 3. The van der Waals surface area contributed by atoms with Crippen molar-refractivity contribution in [3.8, 4) is 0 Å². The topological polar surface area (TPSA) is 61.4 Å². The smallest absolute Gasteiger partial charge is 0.225 e. The van der Waals surface area contributed by atoms with Crippen molar-refractivity contribution in [1.29, 1.82) is 0 Å². The van der Waals surface area contributed by atoms with Crippen molar-refractivity contribution >= 4 is 27.7 Å². The maximum atomic E-state index is 12.7. The van der Waals surface area contributed by atoms with Gasteiger partial charge >= 0.3 is 0 Å². The molecule has 3 atom stereocenters. The number of piperazine rings is 1. The van der Waals surface area contributed by atoms with Crippen molar-refractivity contribution in [1.82, 2.24) is 15.5 Å². The Labute approximate surface area is 145 Å². The van der Waals surface area contributed by atoms with Crippen molar-refractivity contribution in [3.05, 3.63) is 34.3 Å². The molecule has 1 saturated heterocycles. The van der Waals surface area contributed by atoms with E-state index in [-0.39, 0.29) is 36.4 Å². The average molecular weight is 382 g/mol. The first-order valence-corrected chi connectivity index (χ1v) is 8.73. The lowest BCUT2D eigenvalue weighted by atomic mass is 10.0. The molecular weight excluding hydrogens is 358 g/mol. The Hall–Kier alpha value is -1.40. The Morgan fingerprint density at radius 3 is 2.61 bits per heavy atom. The molecule has 0 aliphatic carbocycles. The number of nitrogens with one attached hydrogen (secondary N) is 2. The Morgan fingerprint density at radius 2 is 2.00 bits per heavy atom. The van der Waals surface area contributed by atoms with Crippen molar-refractivity contribution in [2.45, 2.75) is 45.3 Å². The number of amides is 2. The molecule has 5 nitrogen and oxygen atoms in total. The summed E-state index contributed by atoms with van der Waals surface area (Å²) in [5, 5.41) is 6.27. The van der Waals surface area contributed by atoms with Crippen LogP contribution in [-0.2, 0) is 9.59 Å². The van der Waals surface area contributed by atoms with Crippen LogP contribution in [0, 0.1) is 0 Å². The Balaban J connectivity index is 2.12. The fourth-order valence-electron chi connectivity index (χ4n) is 2.89. The van der Waals surface area contributed by atoms with Gasteiger partial charge in [0.05, 0.1) is 12.5 Å². The summed E-state index contributed by atoms with van der Waals surface area (Å²) in [5.41, 5.74) is 0.938. The first-order chi connectivity index (χ1) is 10.9. The molecule has 1 heterocycles. The first kappa shape index (κ1) is 17.9. The molecule has 2 rings (SSSR count). The fourth-order valence-corrected chi connectivity index (χ4v) is 3.16. The Kier molecular flexibility index (Phi) is 6.18. The van der Waals surface area contributed by atoms with Crippen molar-refractivity contribution in [2.75, 3.05) is 13.1 Å². The summed E-state index contributed by atoms with van der Waals surface area (Å²) >= 11 is 3.40. The molecule has 0 spiro atoms. The molecule has 0 bridgehead atoms. The lowest BCUT2D eigenvalue weighted by molar-refractivity contribution is -0.135. The zero-order valence-electron chi connectivity index (χ0n) is 13.8. The summed E-state index contributed by atoms with van der Waals surface area (Å²) in [6, 6.07) is 7.84. The van der Waals surface area contributed by atoms with Crippen LogP contribution in [0.15, 0.2) is 28.7 Å². The second-order valence-electron chi connectivity index (χ2n) is 6.08. The van der Waals surface area contributed by atoms with Crippen molar-refractivity contribution in [2.24, 2.45) is 0 Å². The molecule has 126 valence electrons. The van der Waals surface area contributed by atoms with Gasteiger partial charge in [0.25, 0.3) is 0 Å². The SMILES string of the molecule is CC(=O)NC(CC(=O)N1CCNC(C)C1C)c1ccc(Br)cc1. The predicted octanol–water partition coefficient (Wildman–Crippen LogP) is 2.23. The summed E-state index contributed by atoms with van der Waals surface area (Å²) in [4.78, 5) is 26.1. The molecule has 1 fully saturated rings. The molecule has 1 aromatic rings. The summed E-state index contributed by atoms with van der Waals surface area (Å²) in [6.07, 6.45) is 0.276. The third-order valence-electron chi connectivity index (χ3n) is 4.38. The van der Waals surface area contributed by atoms with Crippen LogP contribution in [0.1, 0.15) is 38.8 Å². The van der Waals surface area contributed by atoms with Crippen LogP contribution in [0.3, 0.4) is 0 Å². The van der Waals surface area contributed by atoms with E-state index in [9.17, 15) is 9.59 Å². The van der Waals surface area contributed by atoms with Gasteiger partial charge in [0.2, 0.25) is 11.8 Å². The highest BCUT2D eigenvalue weighted by Crippen LogP contribution is 2.22. The number of nitrogens with zero attached hydrogens (tertiary/aromatic N) is 1. The number of hydrogen-bond donors (Lipinski definition) is 2. The van der Waals surface area contributed by atoms with E-state index in [1.807, 2.05) is 29.2 Å². The maximum absolute atomic E-state index is 12.7. The normalized spacial score (nSPS) is 22.5. The van der Waals surface area contributed by atoms with Crippen LogP contribution >= 0.6 is 15.9 Å². The second kappa shape index (κ2) is 7.93. The van der Waals surface area contributed by atoms with Crippen molar-refractivity contribution < 1.29 is 9.59 Å². The quantitative estimate of drug-likeness (QED) is 0.840. The summed E-state index contributed by atoms with van der Waals surface area (Å²) in [5.74, 6) is -0.0556.